The average Bonchev–Trinajstić information content (AvgIpc) is 2.83. The highest BCUT2D eigenvalue weighted by Crippen LogP contribution is 2.19. The first-order valence-corrected chi connectivity index (χ1v) is 11.2. The van der Waals surface area contributed by atoms with Crippen molar-refractivity contribution in [1.29, 1.82) is 0 Å². The first-order valence-electron chi connectivity index (χ1n) is 11.2. The van der Waals surface area contributed by atoms with Crippen LogP contribution in [0.1, 0.15) is 43.0 Å². The number of benzene rings is 3. The molecule has 1 amide bonds. The first kappa shape index (κ1) is 26.2. The summed E-state index contributed by atoms with van der Waals surface area (Å²) in [5.41, 5.74) is 4.06. The fraction of sp³-hybridized carbons (Fsp3) is 0.214. The van der Waals surface area contributed by atoms with E-state index in [0.29, 0.717) is 5.69 Å². The lowest BCUT2D eigenvalue weighted by Crippen LogP contribution is -2.48. The number of carboxylic acids is 1. The predicted octanol–water partition coefficient (Wildman–Crippen LogP) is 4.39. The van der Waals surface area contributed by atoms with Crippen LogP contribution >= 0.6 is 0 Å². The summed E-state index contributed by atoms with van der Waals surface area (Å²) in [4.78, 5) is 50.9. The minimum Gasteiger partial charge on any atom is -0.478 e. The summed E-state index contributed by atoms with van der Waals surface area (Å²) in [5, 5.41) is 12.4. The van der Waals surface area contributed by atoms with Gasteiger partial charge < -0.3 is 19.9 Å². The third-order valence-corrected chi connectivity index (χ3v) is 5.46. The summed E-state index contributed by atoms with van der Waals surface area (Å²) in [6, 6.07) is 17.8. The number of carbonyl (C=O) groups is 4. The molecule has 3 aromatic rings. The van der Waals surface area contributed by atoms with Crippen molar-refractivity contribution < 1.29 is 33.8 Å². The second-order valence-electron chi connectivity index (χ2n) is 8.53. The maximum Gasteiger partial charge on any atom is 0.349 e. The Balaban J connectivity index is 1.92. The van der Waals surface area contributed by atoms with Crippen LogP contribution in [0.5, 0.6) is 0 Å². The zero-order chi connectivity index (χ0) is 26.4. The minimum atomic E-state index is -2.10. The van der Waals surface area contributed by atoms with Crippen LogP contribution in [0.15, 0.2) is 66.7 Å². The summed E-state index contributed by atoms with van der Waals surface area (Å²) in [6.45, 7) is 7.31. The van der Waals surface area contributed by atoms with Crippen molar-refractivity contribution in [2.45, 2.75) is 39.9 Å². The number of nitrogens with one attached hydrogen (secondary N) is 1. The van der Waals surface area contributed by atoms with Gasteiger partial charge in [-0.3, -0.25) is 4.79 Å². The number of esters is 2. The van der Waals surface area contributed by atoms with Crippen molar-refractivity contribution in [3.63, 3.8) is 0 Å². The highest BCUT2D eigenvalue weighted by molar-refractivity contribution is 6.01. The fourth-order valence-corrected chi connectivity index (χ4v) is 3.40. The molecule has 0 saturated heterocycles. The number of amides is 1. The maximum atomic E-state index is 13.2. The molecule has 0 aromatic heterocycles. The summed E-state index contributed by atoms with van der Waals surface area (Å²) < 4.78 is 10.5. The van der Waals surface area contributed by atoms with Crippen LogP contribution in [0.4, 0.5) is 5.69 Å². The van der Waals surface area contributed by atoms with Crippen LogP contribution in [-0.4, -0.2) is 41.1 Å². The van der Waals surface area contributed by atoms with Gasteiger partial charge in [0.2, 0.25) is 12.2 Å². The van der Waals surface area contributed by atoms with Gasteiger partial charge in [0.05, 0.1) is 11.1 Å². The van der Waals surface area contributed by atoms with Gasteiger partial charge in [-0.1, -0.05) is 53.1 Å². The Hall–Kier alpha value is -4.46. The van der Waals surface area contributed by atoms with E-state index >= 15 is 0 Å². The lowest BCUT2D eigenvalue weighted by molar-refractivity contribution is -0.157. The average molecular weight is 490 g/mol. The molecule has 0 aliphatic rings. The standard InChI is InChI=1S/C28H27NO7/c1-16-5-10-20(11-6-16)27(33)35-23(25(30)29-22-14-9-18(3)15-19(22)4)24(26(31)32)36-28(34)21-12-7-17(2)8-13-21/h5-15,23-24H,1-4H3,(H,29,30)(H,31,32)/t23-,24-/m1/s1. The van der Waals surface area contributed by atoms with Gasteiger partial charge in [0.15, 0.2) is 0 Å². The van der Waals surface area contributed by atoms with Crippen LogP contribution in [0.3, 0.4) is 0 Å². The molecule has 0 saturated carbocycles. The normalized spacial score (nSPS) is 12.2. The smallest absolute Gasteiger partial charge is 0.349 e. The lowest BCUT2D eigenvalue weighted by Gasteiger charge is -2.24. The number of hydrogen-bond donors (Lipinski definition) is 2. The van der Waals surface area contributed by atoms with E-state index in [-0.39, 0.29) is 11.1 Å². The van der Waals surface area contributed by atoms with Gasteiger partial charge in [-0.05, 0) is 63.6 Å². The van der Waals surface area contributed by atoms with Crippen LogP contribution in [0.2, 0.25) is 0 Å². The molecule has 3 rings (SSSR count). The topological polar surface area (TPSA) is 119 Å². The van der Waals surface area contributed by atoms with Crippen LogP contribution in [0, 0.1) is 27.7 Å². The Morgan fingerprint density at radius 2 is 1.11 bits per heavy atom. The van der Waals surface area contributed by atoms with E-state index in [1.54, 1.807) is 43.3 Å². The molecule has 2 atom stereocenters. The zero-order valence-corrected chi connectivity index (χ0v) is 20.4. The predicted molar refractivity (Wildman–Crippen MR) is 133 cm³/mol. The van der Waals surface area contributed by atoms with Gasteiger partial charge in [0.1, 0.15) is 0 Å². The van der Waals surface area contributed by atoms with Gasteiger partial charge in [0.25, 0.3) is 5.91 Å². The summed E-state index contributed by atoms with van der Waals surface area (Å²) in [6.07, 6.45) is -4.06. The monoisotopic (exact) mass is 489 g/mol. The number of carboxylic acid groups (broad SMARTS) is 1. The Kier molecular flexibility index (Phi) is 8.22. The molecule has 0 aliphatic heterocycles. The second kappa shape index (κ2) is 11.3. The zero-order valence-electron chi connectivity index (χ0n) is 20.4. The van der Waals surface area contributed by atoms with E-state index < -0.39 is 36.0 Å². The Labute approximate surface area is 208 Å². The molecule has 0 radical (unpaired) electrons. The number of rotatable bonds is 8. The molecular formula is C28H27NO7. The van der Waals surface area contributed by atoms with Gasteiger partial charge in [-0.25, -0.2) is 14.4 Å². The van der Waals surface area contributed by atoms with Crippen molar-refractivity contribution in [1.82, 2.24) is 0 Å². The summed E-state index contributed by atoms with van der Waals surface area (Å²) in [5.74, 6) is -4.51. The largest absolute Gasteiger partial charge is 0.478 e. The third-order valence-electron chi connectivity index (χ3n) is 5.46. The van der Waals surface area contributed by atoms with Gasteiger partial charge >= 0.3 is 17.9 Å². The lowest BCUT2D eigenvalue weighted by atomic mass is 10.1. The minimum absolute atomic E-state index is 0.0882. The molecular weight excluding hydrogens is 462 g/mol. The highest BCUT2D eigenvalue weighted by Gasteiger charge is 2.41. The second-order valence-corrected chi connectivity index (χ2v) is 8.53. The maximum absolute atomic E-state index is 13.2. The third kappa shape index (κ3) is 6.56. The van der Waals surface area contributed by atoms with E-state index in [0.717, 1.165) is 22.3 Å². The van der Waals surface area contributed by atoms with E-state index in [2.05, 4.69) is 5.32 Å². The summed E-state index contributed by atoms with van der Waals surface area (Å²) in [7, 11) is 0. The molecule has 0 aliphatic carbocycles. The van der Waals surface area contributed by atoms with E-state index in [1.165, 1.54) is 24.3 Å². The number of hydrogen-bond acceptors (Lipinski definition) is 6. The molecule has 8 heteroatoms. The Morgan fingerprint density at radius 3 is 1.56 bits per heavy atom. The van der Waals surface area contributed by atoms with Crippen molar-refractivity contribution in [3.8, 4) is 0 Å². The number of ether oxygens (including phenoxy) is 2. The number of carbonyl (C=O) groups excluding carboxylic acids is 3. The molecule has 0 bridgehead atoms. The van der Waals surface area contributed by atoms with Crippen LogP contribution < -0.4 is 5.32 Å². The first-order chi connectivity index (χ1) is 17.0. The molecule has 2 N–H and O–H groups in total. The molecule has 0 heterocycles. The quantitative estimate of drug-likeness (QED) is 0.450. The number of aliphatic carboxylic acids is 1. The SMILES string of the molecule is Cc1ccc(C(=O)O[C@@H](C(=O)O)[C@@H](OC(=O)c2ccc(C)cc2)C(=O)Nc2ccc(C)cc2C)cc1. The number of aryl methyl sites for hydroxylation is 4. The van der Waals surface area contributed by atoms with E-state index in [9.17, 15) is 24.3 Å². The van der Waals surface area contributed by atoms with Crippen LogP contribution in [0.25, 0.3) is 0 Å². The molecule has 0 fully saturated rings. The van der Waals surface area contributed by atoms with Crippen molar-refractivity contribution >= 4 is 29.5 Å². The summed E-state index contributed by atoms with van der Waals surface area (Å²) >= 11 is 0. The van der Waals surface area contributed by atoms with Crippen molar-refractivity contribution in [3.05, 3.63) is 100 Å². The number of anilines is 1. The van der Waals surface area contributed by atoms with Gasteiger partial charge in [0, 0.05) is 5.69 Å². The Morgan fingerprint density at radius 1 is 0.667 bits per heavy atom. The Bertz CT molecular complexity index is 1280. The molecule has 186 valence electrons. The highest BCUT2D eigenvalue weighted by atomic mass is 16.6. The molecule has 36 heavy (non-hydrogen) atoms. The van der Waals surface area contributed by atoms with Crippen molar-refractivity contribution in [2.75, 3.05) is 5.32 Å². The van der Waals surface area contributed by atoms with Crippen molar-refractivity contribution in [2.24, 2.45) is 0 Å². The van der Waals surface area contributed by atoms with Gasteiger partial charge in [-0.2, -0.15) is 0 Å². The molecule has 3 aromatic carbocycles. The van der Waals surface area contributed by atoms with Crippen LogP contribution in [-0.2, 0) is 19.1 Å². The van der Waals surface area contributed by atoms with E-state index in [4.69, 9.17) is 9.47 Å². The molecule has 8 nitrogen and oxygen atoms in total. The molecule has 0 unspecified atom stereocenters. The van der Waals surface area contributed by atoms with E-state index in [1.807, 2.05) is 26.8 Å². The van der Waals surface area contributed by atoms with Gasteiger partial charge in [-0.15, -0.1) is 0 Å². The molecule has 0 spiro atoms. The fourth-order valence-electron chi connectivity index (χ4n) is 3.40.